The van der Waals surface area contributed by atoms with Crippen LogP contribution in [0.2, 0.25) is 0 Å². The Kier molecular flexibility index (Phi) is 6.15. The lowest BCUT2D eigenvalue weighted by Gasteiger charge is -2.07. The molecule has 2 heterocycles. The van der Waals surface area contributed by atoms with E-state index in [0.29, 0.717) is 38.0 Å². The van der Waals surface area contributed by atoms with Crippen molar-refractivity contribution in [3.63, 3.8) is 0 Å². The second kappa shape index (κ2) is 8.56. The molecule has 7 nitrogen and oxygen atoms in total. The lowest BCUT2D eigenvalue weighted by atomic mass is 10.0. The van der Waals surface area contributed by atoms with E-state index >= 15 is 0 Å². The number of hydrogen-bond acceptors (Lipinski definition) is 6. The number of carbonyl (C=O) groups excluding carboxylic acids is 1. The van der Waals surface area contributed by atoms with E-state index in [1.165, 1.54) is 0 Å². The van der Waals surface area contributed by atoms with E-state index in [-0.39, 0.29) is 23.3 Å². The summed E-state index contributed by atoms with van der Waals surface area (Å²) in [6.45, 7) is 0.464. The van der Waals surface area contributed by atoms with Gasteiger partial charge in [-0.1, -0.05) is 17.3 Å². The molecule has 3 rings (SSSR count). The number of aromatic nitrogens is 1. The monoisotopic (exact) mass is 392 g/mol. The first kappa shape index (κ1) is 19.4. The highest BCUT2D eigenvalue weighted by molar-refractivity contribution is 7.91. The third-order valence-electron chi connectivity index (χ3n) is 4.72. The highest BCUT2D eigenvalue weighted by Gasteiger charge is 2.27. The number of amides is 1. The molecule has 0 saturated carbocycles. The van der Waals surface area contributed by atoms with Crippen LogP contribution in [-0.4, -0.2) is 44.6 Å². The summed E-state index contributed by atoms with van der Waals surface area (Å²) in [5.41, 5.74) is 1.64. The molecule has 1 aliphatic rings. The molecular formula is C19H24N2O5S. The molecule has 2 aromatic rings. The number of sulfone groups is 1. The fourth-order valence-electron chi connectivity index (χ4n) is 3.20. The van der Waals surface area contributed by atoms with Crippen molar-refractivity contribution in [3.8, 4) is 17.1 Å². The molecule has 1 aliphatic heterocycles. The fourth-order valence-corrected chi connectivity index (χ4v) is 5.11. The van der Waals surface area contributed by atoms with Crippen LogP contribution in [-0.2, 0) is 21.1 Å². The van der Waals surface area contributed by atoms with Gasteiger partial charge in [0.05, 0.1) is 24.3 Å². The summed E-state index contributed by atoms with van der Waals surface area (Å²) >= 11 is 0. The van der Waals surface area contributed by atoms with Gasteiger partial charge in [-0.25, -0.2) is 8.42 Å². The van der Waals surface area contributed by atoms with Crippen molar-refractivity contribution in [2.45, 2.75) is 25.7 Å². The second-order valence-corrected chi connectivity index (χ2v) is 9.05. The number of ether oxygens (including phenoxy) is 1. The number of rotatable bonds is 8. The maximum Gasteiger partial charge on any atom is 0.220 e. The van der Waals surface area contributed by atoms with E-state index in [1.807, 2.05) is 30.3 Å². The first-order valence-corrected chi connectivity index (χ1v) is 10.8. The molecule has 1 aromatic heterocycles. The van der Waals surface area contributed by atoms with Gasteiger partial charge in [0.15, 0.2) is 15.6 Å². The molecule has 0 radical (unpaired) electrons. The van der Waals surface area contributed by atoms with Crippen molar-refractivity contribution in [2.75, 3.05) is 25.2 Å². The zero-order valence-electron chi connectivity index (χ0n) is 15.3. The molecule has 0 spiro atoms. The first-order valence-electron chi connectivity index (χ1n) is 9.02. The molecular weight excluding hydrogens is 368 g/mol. The highest BCUT2D eigenvalue weighted by atomic mass is 32.2. The van der Waals surface area contributed by atoms with Gasteiger partial charge in [-0.3, -0.25) is 4.79 Å². The number of benzene rings is 1. The summed E-state index contributed by atoms with van der Waals surface area (Å²) in [5, 5.41) is 6.89. The van der Waals surface area contributed by atoms with Gasteiger partial charge in [-0.15, -0.1) is 0 Å². The minimum absolute atomic E-state index is 0.0594. The molecule has 1 atom stereocenters. The zero-order chi connectivity index (χ0) is 19.3. The van der Waals surface area contributed by atoms with Crippen LogP contribution in [0.25, 0.3) is 11.3 Å². The Labute approximate surface area is 159 Å². The summed E-state index contributed by atoms with van der Waals surface area (Å²) < 4.78 is 33.4. The Morgan fingerprint density at radius 3 is 2.96 bits per heavy atom. The summed E-state index contributed by atoms with van der Waals surface area (Å²) in [6.07, 6.45) is 2.21. The van der Waals surface area contributed by atoms with E-state index in [0.717, 1.165) is 17.0 Å². The lowest BCUT2D eigenvalue weighted by molar-refractivity contribution is -0.121. The van der Waals surface area contributed by atoms with Gasteiger partial charge in [-0.05, 0) is 30.9 Å². The van der Waals surface area contributed by atoms with Gasteiger partial charge in [0, 0.05) is 31.0 Å². The SMILES string of the molecule is COc1cccc(-c2cc(CCNC(=O)CCC3CCS(=O)(=O)C3)no2)c1. The van der Waals surface area contributed by atoms with Gasteiger partial charge in [-0.2, -0.15) is 0 Å². The van der Waals surface area contributed by atoms with Crippen LogP contribution >= 0.6 is 0 Å². The molecule has 1 N–H and O–H groups in total. The van der Waals surface area contributed by atoms with Crippen LogP contribution in [0.1, 0.15) is 25.0 Å². The van der Waals surface area contributed by atoms with Crippen LogP contribution in [0.15, 0.2) is 34.9 Å². The maximum absolute atomic E-state index is 11.9. The predicted molar refractivity (Wildman–Crippen MR) is 101 cm³/mol. The van der Waals surface area contributed by atoms with Crippen LogP contribution in [0, 0.1) is 5.92 Å². The molecule has 0 aliphatic carbocycles. The molecule has 8 heteroatoms. The molecule has 146 valence electrons. The lowest BCUT2D eigenvalue weighted by Crippen LogP contribution is -2.26. The van der Waals surface area contributed by atoms with E-state index in [4.69, 9.17) is 9.26 Å². The zero-order valence-corrected chi connectivity index (χ0v) is 16.1. The Hall–Kier alpha value is -2.35. The Morgan fingerprint density at radius 2 is 2.22 bits per heavy atom. The largest absolute Gasteiger partial charge is 0.497 e. The summed E-state index contributed by atoms with van der Waals surface area (Å²) in [4.78, 5) is 11.9. The first-order chi connectivity index (χ1) is 12.9. The van der Waals surface area contributed by atoms with Crippen LogP contribution in [0.3, 0.4) is 0 Å². The molecule has 1 saturated heterocycles. The van der Waals surface area contributed by atoms with Crippen molar-refractivity contribution in [2.24, 2.45) is 5.92 Å². The minimum Gasteiger partial charge on any atom is -0.497 e. The standard InChI is InChI=1S/C19H24N2O5S/c1-25-17-4-2-3-15(11-17)18-12-16(21-26-18)7-9-20-19(22)6-5-14-8-10-27(23,24)13-14/h2-4,11-12,14H,5-10,13H2,1H3,(H,20,22). The molecule has 1 unspecified atom stereocenters. The van der Waals surface area contributed by atoms with Crippen LogP contribution in [0.4, 0.5) is 0 Å². The molecule has 27 heavy (non-hydrogen) atoms. The predicted octanol–water partition coefficient (Wildman–Crippen LogP) is 2.22. The molecule has 1 aromatic carbocycles. The smallest absolute Gasteiger partial charge is 0.220 e. The number of nitrogens with zero attached hydrogens (tertiary/aromatic N) is 1. The number of nitrogens with one attached hydrogen (secondary N) is 1. The van der Waals surface area contributed by atoms with E-state index in [1.54, 1.807) is 7.11 Å². The topological polar surface area (TPSA) is 98.5 Å². The summed E-state index contributed by atoms with van der Waals surface area (Å²) in [5.74, 6) is 1.91. The van der Waals surface area contributed by atoms with Crippen LogP contribution in [0.5, 0.6) is 5.75 Å². The van der Waals surface area contributed by atoms with Gasteiger partial charge in [0.2, 0.25) is 5.91 Å². The molecule has 0 bridgehead atoms. The van der Waals surface area contributed by atoms with E-state index in [9.17, 15) is 13.2 Å². The molecule has 1 fully saturated rings. The van der Waals surface area contributed by atoms with Crippen molar-refractivity contribution >= 4 is 15.7 Å². The minimum atomic E-state index is -2.88. The summed E-state index contributed by atoms with van der Waals surface area (Å²) in [6, 6.07) is 9.38. The Bertz CT molecular complexity index is 891. The van der Waals surface area contributed by atoms with E-state index < -0.39 is 9.84 Å². The van der Waals surface area contributed by atoms with Gasteiger partial charge >= 0.3 is 0 Å². The Morgan fingerprint density at radius 1 is 1.37 bits per heavy atom. The maximum atomic E-state index is 11.9. The normalized spacial score (nSPS) is 18.3. The van der Waals surface area contributed by atoms with Gasteiger partial charge in [0.1, 0.15) is 5.75 Å². The van der Waals surface area contributed by atoms with E-state index in [2.05, 4.69) is 10.5 Å². The summed E-state index contributed by atoms with van der Waals surface area (Å²) in [7, 11) is -1.27. The van der Waals surface area contributed by atoms with Gasteiger partial charge in [0.25, 0.3) is 0 Å². The van der Waals surface area contributed by atoms with Gasteiger partial charge < -0.3 is 14.6 Å². The third-order valence-corrected chi connectivity index (χ3v) is 6.56. The van der Waals surface area contributed by atoms with Crippen molar-refractivity contribution in [3.05, 3.63) is 36.0 Å². The van der Waals surface area contributed by atoms with Crippen LogP contribution < -0.4 is 10.1 Å². The number of methoxy groups -OCH3 is 1. The Balaban J connectivity index is 1.41. The third kappa shape index (κ3) is 5.56. The number of carbonyl (C=O) groups is 1. The quantitative estimate of drug-likeness (QED) is 0.740. The van der Waals surface area contributed by atoms with Crippen molar-refractivity contribution in [1.82, 2.24) is 10.5 Å². The molecule has 1 amide bonds. The highest BCUT2D eigenvalue weighted by Crippen LogP contribution is 2.25. The average Bonchev–Trinajstić information content (AvgIpc) is 3.26. The van der Waals surface area contributed by atoms with Crippen molar-refractivity contribution in [1.29, 1.82) is 0 Å². The fraction of sp³-hybridized carbons (Fsp3) is 0.474. The average molecular weight is 392 g/mol. The second-order valence-electron chi connectivity index (χ2n) is 6.82. The van der Waals surface area contributed by atoms with Crippen molar-refractivity contribution < 1.29 is 22.5 Å². The number of hydrogen-bond donors (Lipinski definition) is 1.